The minimum absolute atomic E-state index is 0.0147. The van der Waals surface area contributed by atoms with Gasteiger partial charge in [-0.15, -0.1) is 0 Å². The van der Waals surface area contributed by atoms with Gasteiger partial charge in [-0.05, 0) is 37.1 Å². The largest absolute Gasteiger partial charge is 0.489 e. The summed E-state index contributed by atoms with van der Waals surface area (Å²) in [4.78, 5) is 14.2. The van der Waals surface area contributed by atoms with Crippen molar-refractivity contribution in [2.45, 2.75) is 46.9 Å². The number of rotatable bonds is 7. The van der Waals surface area contributed by atoms with Crippen LogP contribution in [0, 0.1) is 5.92 Å². The number of amides is 1. The van der Waals surface area contributed by atoms with Crippen LogP contribution in [0.5, 0.6) is 5.75 Å². The minimum Gasteiger partial charge on any atom is -0.489 e. The van der Waals surface area contributed by atoms with Crippen molar-refractivity contribution in [1.82, 2.24) is 4.90 Å². The Bertz CT molecular complexity index is 633. The molecular weight excluding hydrogens is 298 g/mol. The van der Waals surface area contributed by atoms with Crippen molar-refractivity contribution in [3.05, 3.63) is 65.7 Å². The summed E-state index contributed by atoms with van der Waals surface area (Å²) < 4.78 is 5.80. The summed E-state index contributed by atoms with van der Waals surface area (Å²) in [5.41, 5.74) is 2.26. The predicted molar refractivity (Wildman–Crippen MR) is 97.7 cm³/mol. The van der Waals surface area contributed by atoms with Gasteiger partial charge in [0.25, 0.3) is 0 Å². The molecule has 0 N–H and O–H groups in total. The first-order chi connectivity index (χ1) is 11.5. The number of ether oxygens (including phenoxy) is 1. The van der Waals surface area contributed by atoms with Crippen LogP contribution < -0.4 is 4.74 Å². The molecule has 0 spiro atoms. The standard InChI is InChI=1S/C21H27NO2/c1-16(2)21(23)22(17(3)4)14-18-10-12-20(13-11-18)24-15-19-8-6-5-7-9-19/h5-13,16-17H,14-15H2,1-4H3. The topological polar surface area (TPSA) is 29.5 Å². The molecule has 0 heterocycles. The van der Waals surface area contributed by atoms with E-state index in [-0.39, 0.29) is 17.9 Å². The summed E-state index contributed by atoms with van der Waals surface area (Å²) in [6, 6.07) is 18.3. The van der Waals surface area contributed by atoms with E-state index in [1.54, 1.807) is 0 Å². The number of nitrogens with zero attached hydrogens (tertiary/aromatic N) is 1. The maximum absolute atomic E-state index is 12.3. The molecule has 0 fully saturated rings. The molecule has 2 aromatic carbocycles. The second-order valence-corrected chi connectivity index (χ2v) is 6.63. The molecule has 128 valence electrons. The fraction of sp³-hybridized carbons (Fsp3) is 0.381. The summed E-state index contributed by atoms with van der Waals surface area (Å²) in [6.07, 6.45) is 0. The summed E-state index contributed by atoms with van der Waals surface area (Å²) in [5, 5.41) is 0. The smallest absolute Gasteiger partial charge is 0.225 e. The van der Waals surface area contributed by atoms with Gasteiger partial charge in [-0.2, -0.15) is 0 Å². The number of hydrogen-bond acceptors (Lipinski definition) is 2. The lowest BCUT2D eigenvalue weighted by atomic mass is 10.1. The van der Waals surface area contributed by atoms with Gasteiger partial charge in [-0.3, -0.25) is 4.79 Å². The van der Waals surface area contributed by atoms with E-state index in [4.69, 9.17) is 4.74 Å². The van der Waals surface area contributed by atoms with E-state index in [2.05, 4.69) is 13.8 Å². The molecule has 0 saturated carbocycles. The quantitative estimate of drug-likeness (QED) is 0.741. The van der Waals surface area contributed by atoms with E-state index >= 15 is 0 Å². The SMILES string of the molecule is CC(C)C(=O)N(Cc1ccc(OCc2ccccc2)cc1)C(C)C. The van der Waals surface area contributed by atoms with Crippen molar-refractivity contribution in [1.29, 1.82) is 0 Å². The molecule has 0 aliphatic heterocycles. The predicted octanol–water partition coefficient (Wildman–Crippen LogP) is 4.66. The van der Waals surface area contributed by atoms with Crippen LogP contribution in [0.1, 0.15) is 38.8 Å². The minimum atomic E-state index is 0.0147. The third-order valence-corrected chi connectivity index (χ3v) is 3.92. The fourth-order valence-electron chi connectivity index (χ4n) is 2.48. The second-order valence-electron chi connectivity index (χ2n) is 6.63. The lowest BCUT2D eigenvalue weighted by molar-refractivity contribution is -0.136. The Labute approximate surface area is 145 Å². The normalized spacial score (nSPS) is 10.9. The van der Waals surface area contributed by atoms with Crippen LogP contribution in [0.25, 0.3) is 0 Å². The van der Waals surface area contributed by atoms with Gasteiger partial charge in [-0.1, -0.05) is 56.3 Å². The fourth-order valence-corrected chi connectivity index (χ4v) is 2.48. The van der Waals surface area contributed by atoms with Gasteiger partial charge in [0.05, 0.1) is 0 Å². The average Bonchev–Trinajstić information content (AvgIpc) is 2.59. The van der Waals surface area contributed by atoms with E-state index in [0.29, 0.717) is 13.2 Å². The van der Waals surface area contributed by atoms with Gasteiger partial charge in [-0.25, -0.2) is 0 Å². The Morgan fingerprint density at radius 2 is 1.54 bits per heavy atom. The number of benzene rings is 2. The van der Waals surface area contributed by atoms with Gasteiger partial charge in [0, 0.05) is 18.5 Å². The molecule has 3 heteroatoms. The third-order valence-electron chi connectivity index (χ3n) is 3.92. The molecule has 0 aliphatic carbocycles. The van der Waals surface area contributed by atoms with Gasteiger partial charge >= 0.3 is 0 Å². The van der Waals surface area contributed by atoms with Gasteiger partial charge in [0.1, 0.15) is 12.4 Å². The molecule has 2 rings (SSSR count). The molecule has 0 aromatic heterocycles. The first-order valence-electron chi connectivity index (χ1n) is 8.53. The van der Waals surface area contributed by atoms with Crippen LogP contribution in [-0.4, -0.2) is 16.8 Å². The first kappa shape index (κ1) is 18.1. The summed E-state index contributed by atoms with van der Waals surface area (Å²) in [7, 11) is 0. The monoisotopic (exact) mass is 325 g/mol. The van der Waals surface area contributed by atoms with Crippen molar-refractivity contribution >= 4 is 5.91 Å². The van der Waals surface area contributed by atoms with Crippen LogP contribution >= 0.6 is 0 Å². The van der Waals surface area contributed by atoms with Crippen molar-refractivity contribution in [2.24, 2.45) is 5.92 Å². The highest BCUT2D eigenvalue weighted by molar-refractivity contribution is 5.78. The number of carbonyl (C=O) groups is 1. The maximum Gasteiger partial charge on any atom is 0.225 e. The molecule has 3 nitrogen and oxygen atoms in total. The molecule has 0 radical (unpaired) electrons. The number of carbonyl (C=O) groups excluding carboxylic acids is 1. The summed E-state index contributed by atoms with van der Waals surface area (Å²) in [6.45, 7) is 9.18. The molecule has 24 heavy (non-hydrogen) atoms. The van der Waals surface area contributed by atoms with E-state index in [1.807, 2.05) is 73.3 Å². The highest BCUT2D eigenvalue weighted by atomic mass is 16.5. The van der Waals surface area contributed by atoms with Gasteiger partial charge < -0.3 is 9.64 Å². The van der Waals surface area contributed by atoms with Gasteiger partial charge in [0.15, 0.2) is 0 Å². The Morgan fingerprint density at radius 1 is 0.917 bits per heavy atom. The Morgan fingerprint density at radius 3 is 2.08 bits per heavy atom. The molecule has 2 aromatic rings. The van der Waals surface area contributed by atoms with Crippen molar-refractivity contribution in [3.8, 4) is 5.75 Å². The molecule has 0 bridgehead atoms. The zero-order valence-corrected chi connectivity index (χ0v) is 15.0. The highest BCUT2D eigenvalue weighted by Crippen LogP contribution is 2.17. The van der Waals surface area contributed by atoms with E-state index in [1.165, 1.54) is 0 Å². The van der Waals surface area contributed by atoms with Crippen LogP contribution in [0.2, 0.25) is 0 Å². The highest BCUT2D eigenvalue weighted by Gasteiger charge is 2.19. The second kappa shape index (κ2) is 8.53. The Balaban J connectivity index is 1.96. The van der Waals surface area contributed by atoms with Crippen LogP contribution in [-0.2, 0) is 17.9 Å². The van der Waals surface area contributed by atoms with Crippen LogP contribution in [0.15, 0.2) is 54.6 Å². The van der Waals surface area contributed by atoms with Gasteiger partial charge in [0.2, 0.25) is 5.91 Å². The Hall–Kier alpha value is -2.29. The van der Waals surface area contributed by atoms with E-state index in [9.17, 15) is 4.79 Å². The van der Waals surface area contributed by atoms with Crippen molar-refractivity contribution < 1.29 is 9.53 Å². The molecule has 0 aliphatic rings. The number of hydrogen-bond donors (Lipinski definition) is 0. The third kappa shape index (κ3) is 5.12. The molecule has 0 unspecified atom stereocenters. The molecule has 0 saturated heterocycles. The van der Waals surface area contributed by atoms with E-state index in [0.717, 1.165) is 16.9 Å². The Kier molecular flexibility index (Phi) is 6.42. The average molecular weight is 325 g/mol. The van der Waals surface area contributed by atoms with E-state index < -0.39 is 0 Å². The summed E-state index contributed by atoms with van der Waals surface area (Å²) in [5.74, 6) is 1.05. The van der Waals surface area contributed by atoms with Crippen LogP contribution in [0.4, 0.5) is 0 Å². The van der Waals surface area contributed by atoms with Crippen molar-refractivity contribution in [3.63, 3.8) is 0 Å². The molecular formula is C21H27NO2. The van der Waals surface area contributed by atoms with Crippen LogP contribution in [0.3, 0.4) is 0 Å². The van der Waals surface area contributed by atoms with Crippen molar-refractivity contribution in [2.75, 3.05) is 0 Å². The molecule has 0 atom stereocenters. The summed E-state index contributed by atoms with van der Waals surface area (Å²) >= 11 is 0. The lowest BCUT2D eigenvalue weighted by Crippen LogP contribution is -2.38. The maximum atomic E-state index is 12.3. The zero-order valence-electron chi connectivity index (χ0n) is 15.0. The molecule has 1 amide bonds. The first-order valence-corrected chi connectivity index (χ1v) is 8.53. The zero-order chi connectivity index (χ0) is 17.5. The lowest BCUT2D eigenvalue weighted by Gasteiger charge is -2.28.